The molecule has 3 N–H and O–H groups in total. The van der Waals surface area contributed by atoms with Crippen molar-refractivity contribution in [1.29, 1.82) is 0 Å². The highest BCUT2D eigenvalue weighted by Gasteiger charge is 2.19. The van der Waals surface area contributed by atoms with Gasteiger partial charge in [-0.25, -0.2) is 4.98 Å². The van der Waals surface area contributed by atoms with Crippen LogP contribution in [0, 0.1) is 0 Å². The first kappa shape index (κ1) is 16.8. The van der Waals surface area contributed by atoms with Gasteiger partial charge in [-0.15, -0.1) is 0 Å². The fraction of sp³-hybridized carbons (Fsp3) is 0.333. The summed E-state index contributed by atoms with van der Waals surface area (Å²) < 4.78 is 5.15. The van der Waals surface area contributed by atoms with Crippen molar-refractivity contribution >= 4 is 16.6 Å². The Morgan fingerprint density at radius 1 is 1.00 bits per heavy atom. The summed E-state index contributed by atoms with van der Waals surface area (Å²) in [7, 11) is 1.62. The monoisotopic (exact) mass is 348 g/mol. The van der Waals surface area contributed by atoms with Crippen LogP contribution in [0.4, 0.5) is 5.69 Å². The van der Waals surface area contributed by atoms with Gasteiger partial charge in [0, 0.05) is 47.2 Å². The molecule has 2 heterocycles. The molecular weight excluding hydrogens is 324 g/mol. The van der Waals surface area contributed by atoms with Gasteiger partial charge in [0.25, 0.3) is 0 Å². The molecule has 4 rings (SSSR count). The standard InChI is InChI=1S/C21H24N4O/c1-26-21-9-3-15(13-24-21)14-2-8-19-18(12-14)20(10-11-23-19)25-17-6-4-16(22)5-7-17/h2-3,8-13,16-17H,4-7,22H2,1H3,(H,23,25). The topological polar surface area (TPSA) is 73.1 Å². The molecule has 1 fully saturated rings. The van der Waals surface area contributed by atoms with E-state index in [2.05, 4.69) is 39.6 Å². The molecule has 0 saturated heterocycles. The number of nitrogens with two attached hydrogens (primary N) is 1. The number of methoxy groups -OCH3 is 1. The van der Waals surface area contributed by atoms with Crippen molar-refractivity contribution < 1.29 is 4.74 Å². The lowest BCUT2D eigenvalue weighted by atomic mass is 9.91. The SMILES string of the molecule is COc1ccc(-c2ccc3nccc(NC4CCC(N)CC4)c3c2)cn1. The zero-order valence-electron chi connectivity index (χ0n) is 15.0. The van der Waals surface area contributed by atoms with Gasteiger partial charge in [-0.05, 0) is 55.5 Å². The number of hydrogen-bond acceptors (Lipinski definition) is 5. The Morgan fingerprint density at radius 2 is 1.81 bits per heavy atom. The first-order valence-electron chi connectivity index (χ1n) is 9.14. The van der Waals surface area contributed by atoms with Crippen molar-refractivity contribution in [2.75, 3.05) is 12.4 Å². The summed E-state index contributed by atoms with van der Waals surface area (Å²) in [5.41, 5.74) is 10.3. The van der Waals surface area contributed by atoms with E-state index in [-0.39, 0.29) is 0 Å². The second-order valence-corrected chi connectivity index (χ2v) is 6.94. The fourth-order valence-electron chi connectivity index (χ4n) is 3.61. The molecule has 0 bridgehead atoms. The Balaban J connectivity index is 1.65. The molecule has 0 unspecified atom stereocenters. The maximum Gasteiger partial charge on any atom is 0.212 e. The van der Waals surface area contributed by atoms with E-state index < -0.39 is 0 Å². The van der Waals surface area contributed by atoms with Crippen molar-refractivity contribution in [3.05, 3.63) is 48.8 Å². The fourth-order valence-corrected chi connectivity index (χ4v) is 3.61. The van der Waals surface area contributed by atoms with Crippen molar-refractivity contribution in [1.82, 2.24) is 9.97 Å². The maximum absolute atomic E-state index is 6.03. The lowest BCUT2D eigenvalue weighted by molar-refractivity contribution is 0.398. The van der Waals surface area contributed by atoms with E-state index in [0.717, 1.165) is 53.4 Å². The Hall–Kier alpha value is -2.66. The molecule has 1 aliphatic carbocycles. The van der Waals surface area contributed by atoms with Crippen LogP contribution >= 0.6 is 0 Å². The number of anilines is 1. The molecule has 1 saturated carbocycles. The minimum absolute atomic E-state index is 0.358. The van der Waals surface area contributed by atoms with Crippen LogP contribution in [-0.4, -0.2) is 29.2 Å². The summed E-state index contributed by atoms with van der Waals surface area (Å²) in [5, 5.41) is 4.85. The van der Waals surface area contributed by atoms with Crippen LogP contribution in [0.3, 0.4) is 0 Å². The van der Waals surface area contributed by atoms with Crippen LogP contribution in [0.1, 0.15) is 25.7 Å². The molecule has 0 amide bonds. The van der Waals surface area contributed by atoms with Crippen LogP contribution in [0.5, 0.6) is 5.88 Å². The first-order valence-corrected chi connectivity index (χ1v) is 9.14. The minimum Gasteiger partial charge on any atom is -0.481 e. The number of benzene rings is 1. The van der Waals surface area contributed by atoms with E-state index in [0.29, 0.717) is 18.0 Å². The molecule has 0 atom stereocenters. The molecule has 2 aromatic heterocycles. The average molecular weight is 348 g/mol. The molecule has 3 aromatic rings. The van der Waals surface area contributed by atoms with E-state index in [4.69, 9.17) is 10.5 Å². The summed E-state index contributed by atoms with van der Waals surface area (Å²) in [4.78, 5) is 8.82. The predicted molar refractivity (Wildman–Crippen MR) is 105 cm³/mol. The highest BCUT2D eigenvalue weighted by molar-refractivity contribution is 5.94. The largest absolute Gasteiger partial charge is 0.481 e. The molecule has 26 heavy (non-hydrogen) atoms. The van der Waals surface area contributed by atoms with Crippen molar-refractivity contribution in [3.63, 3.8) is 0 Å². The van der Waals surface area contributed by atoms with E-state index in [1.54, 1.807) is 7.11 Å². The second-order valence-electron chi connectivity index (χ2n) is 6.94. The maximum atomic E-state index is 6.03. The number of nitrogens with one attached hydrogen (secondary N) is 1. The van der Waals surface area contributed by atoms with E-state index in [9.17, 15) is 0 Å². The number of pyridine rings is 2. The van der Waals surface area contributed by atoms with Gasteiger partial charge < -0.3 is 15.8 Å². The van der Waals surface area contributed by atoms with E-state index in [1.807, 2.05) is 24.5 Å². The van der Waals surface area contributed by atoms with E-state index >= 15 is 0 Å². The molecule has 0 radical (unpaired) electrons. The summed E-state index contributed by atoms with van der Waals surface area (Å²) >= 11 is 0. The highest BCUT2D eigenvalue weighted by Crippen LogP contribution is 2.30. The number of aromatic nitrogens is 2. The second kappa shape index (κ2) is 7.30. The molecule has 0 spiro atoms. The first-order chi connectivity index (χ1) is 12.7. The predicted octanol–water partition coefficient (Wildman–Crippen LogP) is 3.99. The van der Waals surface area contributed by atoms with Crippen LogP contribution in [0.25, 0.3) is 22.0 Å². The van der Waals surface area contributed by atoms with Gasteiger partial charge in [0.1, 0.15) is 0 Å². The molecule has 1 aromatic carbocycles. The molecule has 5 heteroatoms. The van der Waals surface area contributed by atoms with Gasteiger partial charge in [0.2, 0.25) is 5.88 Å². The molecule has 0 aliphatic heterocycles. The third kappa shape index (κ3) is 3.48. The smallest absolute Gasteiger partial charge is 0.212 e. The molecular formula is C21H24N4O. The Bertz CT molecular complexity index is 886. The Kier molecular flexibility index (Phi) is 4.71. The Morgan fingerprint density at radius 3 is 2.54 bits per heavy atom. The zero-order chi connectivity index (χ0) is 17.9. The van der Waals surface area contributed by atoms with Gasteiger partial charge in [-0.2, -0.15) is 0 Å². The normalized spacial score (nSPS) is 20.1. The molecule has 5 nitrogen and oxygen atoms in total. The van der Waals surface area contributed by atoms with Gasteiger partial charge in [-0.3, -0.25) is 4.98 Å². The zero-order valence-corrected chi connectivity index (χ0v) is 15.0. The summed E-state index contributed by atoms with van der Waals surface area (Å²) in [6, 6.07) is 13.1. The molecule has 1 aliphatic rings. The summed E-state index contributed by atoms with van der Waals surface area (Å²) in [5.74, 6) is 0.620. The highest BCUT2D eigenvalue weighted by atomic mass is 16.5. The third-order valence-electron chi connectivity index (χ3n) is 5.15. The van der Waals surface area contributed by atoms with Crippen molar-refractivity contribution in [2.24, 2.45) is 5.73 Å². The van der Waals surface area contributed by atoms with E-state index in [1.165, 1.54) is 0 Å². The van der Waals surface area contributed by atoms with Gasteiger partial charge in [0.05, 0.1) is 12.6 Å². The molecule has 134 valence electrons. The number of ether oxygens (including phenoxy) is 1. The van der Waals surface area contributed by atoms with Crippen molar-refractivity contribution in [3.8, 4) is 17.0 Å². The minimum atomic E-state index is 0.358. The Labute approximate surface area is 153 Å². The number of nitrogens with zero attached hydrogens (tertiary/aromatic N) is 2. The van der Waals surface area contributed by atoms with Crippen LogP contribution in [-0.2, 0) is 0 Å². The number of rotatable bonds is 4. The van der Waals surface area contributed by atoms with Gasteiger partial charge in [-0.1, -0.05) is 6.07 Å². The average Bonchev–Trinajstić information content (AvgIpc) is 2.70. The van der Waals surface area contributed by atoms with Crippen LogP contribution in [0.2, 0.25) is 0 Å². The van der Waals surface area contributed by atoms with Crippen LogP contribution in [0.15, 0.2) is 48.8 Å². The van der Waals surface area contributed by atoms with Crippen LogP contribution < -0.4 is 15.8 Å². The quantitative estimate of drug-likeness (QED) is 0.746. The summed E-state index contributed by atoms with van der Waals surface area (Å²) in [6.07, 6.45) is 8.12. The summed E-state index contributed by atoms with van der Waals surface area (Å²) in [6.45, 7) is 0. The van der Waals surface area contributed by atoms with Gasteiger partial charge >= 0.3 is 0 Å². The lowest BCUT2D eigenvalue weighted by Crippen LogP contribution is -2.32. The third-order valence-corrected chi connectivity index (χ3v) is 5.15. The lowest BCUT2D eigenvalue weighted by Gasteiger charge is -2.28. The number of hydrogen-bond donors (Lipinski definition) is 2. The van der Waals surface area contributed by atoms with Gasteiger partial charge in [0.15, 0.2) is 0 Å². The van der Waals surface area contributed by atoms with Crippen molar-refractivity contribution in [2.45, 2.75) is 37.8 Å². The number of fused-ring (bicyclic) bond motifs is 1.